The molecule has 0 amide bonds. The van der Waals surface area contributed by atoms with Crippen LogP contribution in [0.3, 0.4) is 0 Å². The van der Waals surface area contributed by atoms with E-state index in [1.165, 1.54) is 0 Å². The Morgan fingerprint density at radius 3 is 2.95 bits per heavy atom. The van der Waals surface area contributed by atoms with Crippen molar-refractivity contribution in [2.24, 2.45) is 5.92 Å². The summed E-state index contributed by atoms with van der Waals surface area (Å²) in [5, 5.41) is 3.40. The molecule has 7 heteroatoms. The first-order valence-corrected chi connectivity index (χ1v) is 8.25. The molecule has 1 aromatic heterocycles. The molecule has 0 aromatic carbocycles. The van der Waals surface area contributed by atoms with E-state index in [1.54, 1.807) is 6.20 Å². The Balaban J connectivity index is 2.00. The largest absolute Gasteiger partial charge is 0.334 e. The van der Waals surface area contributed by atoms with Crippen molar-refractivity contribution in [1.29, 1.82) is 0 Å². The summed E-state index contributed by atoms with van der Waals surface area (Å²) in [6.45, 7) is 6.89. The second kappa shape index (κ2) is 6.02. The van der Waals surface area contributed by atoms with Gasteiger partial charge < -0.3 is 9.88 Å². The summed E-state index contributed by atoms with van der Waals surface area (Å²) in [5.74, 6) is 1.10. The Morgan fingerprint density at radius 1 is 1.58 bits per heavy atom. The van der Waals surface area contributed by atoms with Crippen LogP contribution in [0.25, 0.3) is 0 Å². The van der Waals surface area contributed by atoms with Crippen LogP contribution in [0.15, 0.2) is 11.2 Å². The van der Waals surface area contributed by atoms with Gasteiger partial charge in [-0.2, -0.15) is 0 Å². The van der Waals surface area contributed by atoms with Crippen molar-refractivity contribution in [2.45, 2.75) is 38.3 Å². The van der Waals surface area contributed by atoms with Crippen molar-refractivity contribution in [1.82, 2.24) is 19.6 Å². The monoisotopic (exact) mass is 286 g/mol. The predicted molar refractivity (Wildman–Crippen MR) is 73.4 cm³/mol. The van der Waals surface area contributed by atoms with Crippen LogP contribution in [-0.2, 0) is 16.6 Å². The van der Waals surface area contributed by atoms with Gasteiger partial charge in [-0.3, -0.25) is 0 Å². The molecule has 108 valence electrons. The molecule has 2 heterocycles. The quantitative estimate of drug-likeness (QED) is 0.826. The molecule has 6 nitrogen and oxygen atoms in total. The molecule has 2 rings (SSSR count). The molecule has 0 spiro atoms. The topological polar surface area (TPSA) is 76.0 Å². The molecule has 1 aliphatic heterocycles. The van der Waals surface area contributed by atoms with Gasteiger partial charge in [0, 0.05) is 19.3 Å². The molecular weight excluding hydrogens is 264 g/mol. The Kier molecular flexibility index (Phi) is 4.59. The lowest BCUT2D eigenvalue weighted by atomic mass is 10.0. The number of hydrogen-bond acceptors (Lipinski definition) is 4. The minimum atomic E-state index is -3.48. The highest BCUT2D eigenvalue weighted by atomic mass is 32.2. The van der Waals surface area contributed by atoms with Crippen LogP contribution in [-0.4, -0.2) is 37.6 Å². The second-order valence-electron chi connectivity index (χ2n) is 4.98. The van der Waals surface area contributed by atoms with Gasteiger partial charge in [-0.05, 0) is 45.7 Å². The number of nitrogens with zero attached hydrogens (tertiary/aromatic N) is 2. The van der Waals surface area contributed by atoms with E-state index in [2.05, 4.69) is 15.0 Å². The van der Waals surface area contributed by atoms with E-state index < -0.39 is 10.0 Å². The predicted octanol–water partition coefficient (Wildman–Crippen LogP) is 0.489. The van der Waals surface area contributed by atoms with Gasteiger partial charge >= 0.3 is 0 Å². The molecule has 1 atom stereocenters. The molecule has 1 aromatic rings. The van der Waals surface area contributed by atoms with Gasteiger partial charge in [-0.25, -0.2) is 18.1 Å². The molecular formula is C12H22N4O2S. The molecule has 1 unspecified atom stereocenters. The average molecular weight is 286 g/mol. The number of aromatic nitrogens is 2. The van der Waals surface area contributed by atoms with E-state index in [-0.39, 0.29) is 5.03 Å². The standard InChI is InChI=1S/C12H22N4O2S/c1-3-16-9-12(15-10(16)2)19(17,18)14-8-11-5-4-6-13-7-11/h9,11,13-14H,3-8H2,1-2H3. The maximum absolute atomic E-state index is 12.1. The molecule has 1 saturated heterocycles. The lowest BCUT2D eigenvalue weighted by Gasteiger charge is -2.22. The van der Waals surface area contributed by atoms with Crippen molar-refractivity contribution in [3.8, 4) is 0 Å². The normalized spacial score (nSPS) is 20.6. The van der Waals surface area contributed by atoms with E-state index in [0.29, 0.717) is 12.5 Å². The third-order valence-electron chi connectivity index (χ3n) is 3.53. The van der Waals surface area contributed by atoms with Crippen molar-refractivity contribution >= 4 is 10.0 Å². The first kappa shape index (κ1) is 14.5. The van der Waals surface area contributed by atoms with Crippen LogP contribution < -0.4 is 10.0 Å². The Hall–Kier alpha value is -0.920. The second-order valence-corrected chi connectivity index (χ2v) is 6.69. The third kappa shape index (κ3) is 3.55. The SMILES string of the molecule is CCn1cc(S(=O)(=O)NCC2CCCNC2)nc1C. The number of nitrogens with one attached hydrogen (secondary N) is 2. The Labute approximate surface area is 114 Å². The van der Waals surface area contributed by atoms with Gasteiger partial charge in [0.25, 0.3) is 10.0 Å². The highest BCUT2D eigenvalue weighted by Crippen LogP contribution is 2.12. The van der Waals surface area contributed by atoms with E-state index in [1.807, 2.05) is 18.4 Å². The van der Waals surface area contributed by atoms with Crippen LogP contribution in [0, 0.1) is 12.8 Å². The number of hydrogen-bond donors (Lipinski definition) is 2. The number of imidazole rings is 1. The van der Waals surface area contributed by atoms with E-state index >= 15 is 0 Å². The van der Waals surface area contributed by atoms with Gasteiger partial charge in [0.15, 0.2) is 5.03 Å². The average Bonchev–Trinajstić information content (AvgIpc) is 2.80. The Morgan fingerprint density at radius 2 is 2.37 bits per heavy atom. The van der Waals surface area contributed by atoms with E-state index in [0.717, 1.165) is 38.3 Å². The van der Waals surface area contributed by atoms with Crippen LogP contribution in [0.1, 0.15) is 25.6 Å². The fourth-order valence-corrected chi connectivity index (χ4v) is 3.45. The molecule has 2 N–H and O–H groups in total. The van der Waals surface area contributed by atoms with E-state index in [4.69, 9.17) is 0 Å². The summed E-state index contributed by atoms with van der Waals surface area (Å²) in [5.41, 5.74) is 0. The van der Waals surface area contributed by atoms with Crippen molar-refractivity contribution in [2.75, 3.05) is 19.6 Å². The maximum Gasteiger partial charge on any atom is 0.259 e. The summed E-state index contributed by atoms with van der Waals surface area (Å²) < 4.78 is 28.8. The maximum atomic E-state index is 12.1. The summed E-state index contributed by atoms with van der Waals surface area (Å²) in [7, 11) is -3.48. The fourth-order valence-electron chi connectivity index (χ4n) is 2.33. The molecule has 0 bridgehead atoms. The molecule has 0 radical (unpaired) electrons. The van der Waals surface area contributed by atoms with Gasteiger partial charge in [0.1, 0.15) is 5.82 Å². The zero-order valence-corrected chi connectivity index (χ0v) is 12.3. The van der Waals surface area contributed by atoms with Crippen LogP contribution in [0.5, 0.6) is 0 Å². The number of aryl methyl sites for hydroxylation is 2. The first-order valence-electron chi connectivity index (χ1n) is 6.77. The van der Waals surface area contributed by atoms with Crippen molar-refractivity contribution in [3.05, 3.63) is 12.0 Å². The summed E-state index contributed by atoms with van der Waals surface area (Å²) in [6, 6.07) is 0. The third-order valence-corrected chi connectivity index (χ3v) is 4.82. The fraction of sp³-hybridized carbons (Fsp3) is 0.750. The molecule has 0 saturated carbocycles. The van der Waals surface area contributed by atoms with Gasteiger partial charge in [0.2, 0.25) is 0 Å². The Bertz CT molecular complexity index is 518. The lowest BCUT2D eigenvalue weighted by Crippen LogP contribution is -2.38. The smallest absolute Gasteiger partial charge is 0.259 e. The van der Waals surface area contributed by atoms with Gasteiger partial charge in [-0.15, -0.1) is 0 Å². The molecule has 0 aliphatic carbocycles. The van der Waals surface area contributed by atoms with Gasteiger partial charge in [-0.1, -0.05) is 0 Å². The van der Waals surface area contributed by atoms with Crippen LogP contribution in [0.4, 0.5) is 0 Å². The zero-order chi connectivity index (χ0) is 13.9. The highest BCUT2D eigenvalue weighted by molar-refractivity contribution is 7.89. The van der Waals surface area contributed by atoms with Gasteiger partial charge in [0.05, 0.1) is 0 Å². The molecule has 1 fully saturated rings. The van der Waals surface area contributed by atoms with E-state index in [9.17, 15) is 8.42 Å². The number of piperidine rings is 1. The minimum absolute atomic E-state index is 0.121. The van der Waals surface area contributed by atoms with Crippen molar-refractivity contribution < 1.29 is 8.42 Å². The summed E-state index contributed by atoms with van der Waals surface area (Å²) >= 11 is 0. The van der Waals surface area contributed by atoms with Crippen LogP contribution in [0.2, 0.25) is 0 Å². The molecule has 1 aliphatic rings. The minimum Gasteiger partial charge on any atom is -0.334 e. The highest BCUT2D eigenvalue weighted by Gasteiger charge is 2.21. The summed E-state index contributed by atoms with van der Waals surface area (Å²) in [4.78, 5) is 4.11. The number of rotatable bonds is 5. The van der Waals surface area contributed by atoms with Crippen LogP contribution >= 0.6 is 0 Å². The zero-order valence-electron chi connectivity index (χ0n) is 11.5. The summed E-state index contributed by atoms with van der Waals surface area (Å²) in [6.07, 6.45) is 3.77. The first-order chi connectivity index (χ1) is 9.03. The van der Waals surface area contributed by atoms with Crippen molar-refractivity contribution in [3.63, 3.8) is 0 Å². The lowest BCUT2D eigenvalue weighted by molar-refractivity contribution is 0.375. The number of sulfonamides is 1. The molecule has 19 heavy (non-hydrogen) atoms.